The molecule has 0 aliphatic carbocycles. The Morgan fingerprint density at radius 2 is 1.92 bits per heavy atom. The fourth-order valence-corrected chi connectivity index (χ4v) is 3.21. The number of hydrogen-bond acceptors (Lipinski definition) is 4. The van der Waals surface area contributed by atoms with Crippen LogP contribution in [0.1, 0.15) is 12.5 Å². The Labute approximate surface area is 162 Å². The summed E-state index contributed by atoms with van der Waals surface area (Å²) in [5, 5.41) is 2.97. The first-order valence-corrected chi connectivity index (χ1v) is 9.59. The van der Waals surface area contributed by atoms with E-state index < -0.39 is 0 Å². The summed E-state index contributed by atoms with van der Waals surface area (Å²) in [6.45, 7) is 5.09. The van der Waals surface area contributed by atoms with E-state index in [9.17, 15) is 4.79 Å². The van der Waals surface area contributed by atoms with Gasteiger partial charge in [0.15, 0.2) is 6.61 Å². The third-order valence-corrected chi connectivity index (χ3v) is 4.78. The lowest BCUT2D eigenvalue weighted by molar-refractivity contribution is -0.118. The normalized spacial score (nSPS) is 14.2. The van der Waals surface area contributed by atoms with Crippen LogP contribution in [0.15, 0.2) is 46.9 Å². The topological polar surface area (TPSA) is 50.8 Å². The van der Waals surface area contributed by atoms with Crippen LogP contribution in [0.25, 0.3) is 0 Å². The molecule has 0 spiro atoms. The minimum absolute atomic E-state index is 0.0272. The molecule has 0 radical (unpaired) electrons. The van der Waals surface area contributed by atoms with Gasteiger partial charge in [0.05, 0.1) is 24.6 Å². The van der Waals surface area contributed by atoms with Crippen LogP contribution >= 0.6 is 15.9 Å². The lowest BCUT2D eigenvalue weighted by Gasteiger charge is -2.30. The number of nitrogens with one attached hydrogen (secondary N) is 1. The lowest BCUT2D eigenvalue weighted by Crippen LogP contribution is -2.37. The molecule has 1 fully saturated rings. The van der Waals surface area contributed by atoms with Crippen molar-refractivity contribution in [3.8, 4) is 5.75 Å². The summed E-state index contributed by atoms with van der Waals surface area (Å²) in [6.07, 6.45) is 0.980. The number of morpholine rings is 1. The zero-order valence-corrected chi connectivity index (χ0v) is 16.4. The molecule has 26 heavy (non-hydrogen) atoms. The van der Waals surface area contributed by atoms with Gasteiger partial charge < -0.3 is 19.7 Å². The maximum Gasteiger partial charge on any atom is 0.262 e. The van der Waals surface area contributed by atoms with Gasteiger partial charge in [-0.2, -0.15) is 0 Å². The van der Waals surface area contributed by atoms with Crippen LogP contribution in [0.5, 0.6) is 5.75 Å². The number of benzene rings is 2. The Balaban J connectivity index is 1.63. The van der Waals surface area contributed by atoms with E-state index in [2.05, 4.69) is 33.1 Å². The summed E-state index contributed by atoms with van der Waals surface area (Å²) in [5.74, 6) is 0.511. The van der Waals surface area contributed by atoms with Crippen LogP contribution < -0.4 is 15.0 Å². The van der Waals surface area contributed by atoms with Crippen molar-refractivity contribution in [1.82, 2.24) is 0 Å². The second-order valence-corrected chi connectivity index (χ2v) is 7.01. The number of halogens is 1. The van der Waals surface area contributed by atoms with Crippen molar-refractivity contribution in [2.45, 2.75) is 13.3 Å². The molecule has 6 heteroatoms. The van der Waals surface area contributed by atoms with Gasteiger partial charge in [-0.3, -0.25) is 4.79 Å². The van der Waals surface area contributed by atoms with Gasteiger partial charge in [-0.05, 0) is 42.3 Å². The fourth-order valence-electron chi connectivity index (χ4n) is 2.84. The molecule has 1 heterocycles. The first-order chi connectivity index (χ1) is 12.7. The summed E-state index contributed by atoms with van der Waals surface area (Å²) in [7, 11) is 0. The summed E-state index contributed by atoms with van der Waals surface area (Å²) in [4.78, 5) is 14.6. The number of amides is 1. The van der Waals surface area contributed by atoms with Gasteiger partial charge in [-0.25, -0.2) is 0 Å². The molecule has 0 aromatic heterocycles. The Morgan fingerprint density at radius 1 is 1.19 bits per heavy atom. The number of carbonyl (C=O) groups excluding carboxylic acids is 1. The van der Waals surface area contributed by atoms with E-state index in [-0.39, 0.29) is 12.5 Å². The molecule has 0 saturated carbocycles. The maximum absolute atomic E-state index is 12.4. The average Bonchev–Trinajstić information content (AvgIpc) is 2.67. The quantitative estimate of drug-likeness (QED) is 0.773. The van der Waals surface area contributed by atoms with E-state index in [1.807, 2.05) is 42.5 Å². The minimum Gasteiger partial charge on any atom is -0.484 e. The van der Waals surface area contributed by atoms with Gasteiger partial charge >= 0.3 is 0 Å². The number of nitrogens with zero attached hydrogens (tertiary/aromatic N) is 1. The summed E-state index contributed by atoms with van der Waals surface area (Å²) >= 11 is 3.47. The minimum atomic E-state index is -0.183. The van der Waals surface area contributed by atoms with Crippen molar-refractivity contribution in [2.24, 2.45) is 0 Å². The van der Waals surface area contributed by atoms with Crippen molar-refractivity contribution < 1.29 is 14.3 Å². The second kappa shape index (κ2) is 9.05. The predicted octanol–water partition coefficient (Wildman–Crippen LogP) is 3.87. The Kier molecular flexibility index (Phi) is 6.52. The molecular formula is C20H23BrN2O3. The van der Waals surface area contributed by atoms with Crippen molar-refractivity contribution in [2.75, 3.05) is 43.1 Å². The van der Waals surface area contributed by atoms with Crippen molar-refractivity contribution in [1.29, 1.82) is 0 Å². The van der Waals surface area contributed by atoms with E-state index in [0.717, 1.165) is 35.4 Å². The number of ether oxygens (including phenoxy) is 2. The molecule has 0 bridgehead atoms. The second-order valence-electron chi connectivity index (χ2n) is 6.10. The molecule has 3 rings (SSSR count). The molecule has 1 aliphatic heterocycles. The highest BCUT2D eigenvalue weighted by Crippen LogP contribution is 2.30. The molecule has 2 aromatic carbocycles. The van der Waals surface area contributed by atoms with Gasteiger partial charge in [0.1, 0.15) is 5.75 Å². The molecule has 2 aromatic rings. The molecule has 5 nitrogen and oxygen atoms in total. The van der Waals surface area contributed by atoms with Crippen molar-refractivity contribution in [3.63, 3.8) is 0 Å². The zero-order valence-electron chi connectivity index (χ0n) is 14.8. The Bertz CT molecular complexity index is 743. The smallest absolute Gasteiger partial charge is 0.262 e. The summed E-state index contributed by atoms with van der Waals surface area (Å²) in [6, 6.07) is 13.7. The number of rotatable bonds is 6. The van der Waals surface area contributed by atoms with E-state index >= 15 is 0 Å². The average molecular weight is 419 g/mol. The standard InChI is InChI=1S/C20H23BrN2O3/c1-2-15-3-6-17(7-4-15)26-14-20(24)22-18-13-16(21)5-8-19(18)23-9-11-25-12-10-23/h3-8,13H,2,9-12,14H2,1H3,(H,22,24). The van der Waals surface area contributed by atoms with Gasteiger partial charge in [-0.15, -0.1) is 0 Å². The SMILES string of the molecule is CCc1ccc(OCC(=O)Nc2cc(Br)ccc2N2CCOCC2)cc1. The highest BCUT2D eigenvalue weighted by molar-refractivity contribution is 9.10. The third kappa shape index (κ3) is 4.99. The molecule has 1 aliphatic rings. The van der Waals surface area contributed by atoms with Crippen LogP contribution in [-0.2, 0) is 16.0 Å². The van der Waals surface area contributed by atoms with Crippen LogP contribution in [0.3, 0.4) is 0 Å². The van der Waals surface area contributed by atoms with E-state index in [4.69, 9.17) is 9.47 Å². The summed E-state index contributed by atoms with van der Waals surface area (Å²) < 4.78 is 11.9. The van der Waals surface area contributed by atoms with Crippen LogP contribution in [0.2, 0.25) is 0 Å². The number of anilines is 2. The van der Waals surface area contributed by atoms with E-state index in [1.165, 1.54) is 5.56 Å². The highest BCUT2D eigenvalue weighted by Gasteiger charge is 2.16. The molecule has 1 N–H and O–H groups in total. The molecule has 138 valence electrons. The van der Waals surface area contributed by atoms with Gasteiger partial charge in [0, 0.05) is 17.6 Å². The zero-order chi connectivity index (χ0) is 18.4. The first-order valence-electron chi connectivity index (χ1n) is 8.79. The maximum atomic E-state index is 12.4. The van der Waals surface area contributed by atoms with Crippen molar-refractivity contribution in [3.05, 3.63) is 52.5 Å². The molecule has 1 saturated heterocycles. The van der Waals surface area contributed by atoms with Crippen LogP contribution in [0.4, 0.5) is 11.4 Å². The fraction of sp³-hybridized carbons (Fsp3) is 0.350. The number of hydrogen-bond donors (Lipinski definition) is 1. The third-order valence-electron chi connectivity index (χ3n) is 4.29. The molecule has 1 amide bonds. The van der Waals surface area contributed by atoms with Gasteiger partial charge in [0.25, 0.3) is 5.91 Å². The Morgan fingerprint density at radius 3 is 2.62 bits per heavy atom. The lowest BCUT2D eigenvalue weighted by atomic mass is 10.2. The van der Waals surface area contributed by atoms with E-state index in [0.29, 0.717) is 19.0 Å². The molecule has 0 atom stereocenters. The summed E-state index contributed by atoms with van der Waals surface area (Å²) in [5.41, 5.74) is 3.01. The highest BCUT2D eigenvalue weighted by atomic mass is 79.9. The number of carbonyl (C=O) groups is 1. The molecule has 0 unspecified atom stereocenters. The van der Waals surface area contributed by atoms with Gasteiger partial charge in [-0.1, -0.05) is 35.0 Å². The Hall–Kier alpha value is -2.05. The van der Waals surface area contributed by atoms with Gasteiger partial charge in [0.2, 0.25) is 0 Å². The van der Waals surface area contributed by atoms with Crippen molar-refractivity contribution >= 4 is 33.2 Å². The van der Waals surface area contributed by atoms with Crippen LogP contribution in [-0.4, -0.2) is 38.8 Å². The first kappa shape index (κ1) is 18.7. The van der Waals surface area contributed by atoms with Crippen LogP contribution in [0, 0.1) is 0 Å². The largest absolute Gasteiger partial charge is 0.484 e. The monoisotopic (exact) mass is 418 g/mol. The molecular weight excluding hydrogens is 396 g/mol. The van der Waals surface area contributed by atoms with E-state index in [1.54, 1.807) is 0 Å². The predicted molar refractivity (Wildman–Crippen MR) is 107 cm³/mol. The number of aryl methyl sites for hydroxylation is 1.